The summed E-state index contributed by atoms with van der Waals surface area (Å²) in [7, 11) is 0. The van der Waals surface area contributed by atoms with Gasteiger partial charge in [0.05, 0.1) is 5.52 Å². The number of nitrogens with zero attached hydrogens (tertiary/aromatic N) is 1. The van der Waals surface area contributed by atoms with Crippen molar-refractivity contribution >= 4 is 10.9 Å². The number of para-hydroxylation sites is 1. The lowest BCUT2D eigenvalue weighted by molar-refractivity contribution is 0.675. The van der Waals surface area contributed by atoms with Crippen LogP contribution in [0.1, 0.15) is 18.9 Å². The molecule has 1 heterocycles. The Morgan fingerprint density at radius 3 is 2.76 bits per heavy atom. The number of fused-ring (bicyclic) bond motifs is 1. The average Bonchev–Trinajstić information content (AvgIpc) is 2.55. The second-order valence-corrected chi connectivity index (χ2v) is 5.26. The molecule has 0 spiro atoms. The van der Waals surface area contributed by atoms with Gasteiger partial charge in [-0.15, -0.1) is 0 Å². The van der Waals surface area contributed by atoms with E-state index in [1.807, 2.05) is 12.3 Å². The minimum absolute atomic E-state index is 0.917. The first-order chi connectivity index (χ1) is 10.4. The van der Waals surface area contributed by atoms with E-state index in [9.17, 15) is 0 Å². The highest BCUT2D eigenvalue weighted by molar-refractivity contribution is 5.93. The predicted molar refractivity (Wildman–Crippen MR) is 89.2 cm³/mol. The Balaban J connectivity index is 1.97. The number of pyridine rings is 1. The molecule has 106 valence electrons. The van der Waals surface area contributed by atoms with Crippen molar-refractivity contribution in [3.05, 3.63) is 66.4 Å². The van der Waals surface area contributed by atoms with Crippen LogP contribution in [0.15, 0.2) is 60.8 Å². The zero-order chi connectivity index (χ0) is 14.5. The third-order valence-corrected chi connectivity index (χ3v) is 3.63. The van der Waals surface area contributed by atoms with E-state index in [-0.39, 0.29) is 0 Å². The molecule has 0 aliphatic carbocycles. The number of hydrogen-bond donors (Lipinski definition) is 1. The van der Waals surface area contributed by atoms with E-state index >= 15 is 0 Å². The van der Waals surface area contributed by atoms with Crippen molar-refractivity contribution in [3.8, 4) is 11.1 Å². The van der Waals surface area contributed by atoms with E-state index < -0.39 is 0 Å². The molecular formula is C19H20N2. The summed E-state index contributed by atoms with van der Waals surface area (Å²) in [6.07, 6.45) is 3.02. The van der Waals surface area contributed by atoms with Crippen molar-refractivity contribution in [2.24, 2.45) is 0 Å². The highest BCUT2D eigenvalue weighted by Crippen LogP contribution is 2.27. The van der Waals surface area contributed by atoms with Crippen LogP contribution in [0.5, 0.6) is 0 Å². The van der Waals surface area contributed by atoms with Crippen LogP contribution >= 0.6 is 0 Å². The second-order valence-electron chi connectivity index (χ2n) is 5.26. The molecule has 0 unspecified atom stereocenters. The van der Waals surface area contributed by atoms with E-state index in [0.717, 1.165) is 25.0 Å². The van der Waals surface area contributed by atoms with Crippen LogP contribution in [-0.4, -0.2) is 11.5 Å². The number of nitrogens with one attached hydrogen (secondary N) is 1. The van der Waals surface area contributed by atoms with Crippen molar-refractivity contribution in [2.45, 2.75) is 19.9 Å². The minimum Gasteiger partial charge on any atom is -0.313 e. The molecule has 0 saturated heterocycles. The highest BCUT2D eigenvalue weighted by atomic mass is 14.8. The summed E-state index contributed by atoms with van der Waals surface area (Å²) in [6, 6.07) is 19.2. The fourth-order valence-corrected chi connectivity index (χ4v) is 2.60. The van der Waals surface area contributed by atoms with Gasteiger partial charge in [0, 0.05) is 23.7 Å². The van der Waals surface area contributed by atoms with Crippen molar-refractivity contribution in [3.63, 3.8) is 0 Å². The Morgan fingerprint density at radius 1 is 1.00 bits per heavy atom. The molecule has 1 aromatic heterocycles. The quantitative estimate of drug-likeness (QED) is 0.699. The Bertz CT molecular complexity index is 729. The maximum atomic E-state index is 4.55. The molecule has 0 bridgehead atoms. The molecule has 3 aromatic rings. The van der Waals surface area contributed by atoms with Gasteiger partial charge < -0.3 is 5.32 Å². The summed E-state index contributed by atoms with van der Waals surface area (Å²) in [5.41, 5.74) is 4.81. The van der Waals surface area contributed by atoms with Crippen molar-refractivity contribution < 1.29 is 0 Å². The van der Waals surface area contributed by atoms with Crippen molar-refractivity contribution in [1.29, 1.82) is 0 Å². The van der Waals surface area contributed by atoms with E-state index in [1.54, 1.807) is 0 Å². The lowest BCUT2D eigenvalue weighted by Crippen LogP contribution is -2.13. The zero-order valence-corrected chi connectivity index (χ0v) is 12.3. The molecular weight excluding hydrogens is 256 g/mol. The molecule has 2 nitrogen and oxygen atoms in total. The number of rotatable bonds is 5. The Kier molecular flexibility index (Phi) is 4.27. The number of hydrogen-bond acceptors (Lipinski definition) is 2. The summed E-state index contributed by atoms with van der Waals surface area (Å²) in [4.78, 5) is 4.55. The lowest BCUT2D eigenvalue weighted by atomic mass is 10.00. The van der Waals surface area contributed by atoms with Gasteiger partial charge in [0.2, 0.25) is 0 Å². The van der Waals surface area contributed by atoms with Crippen LogP contribution in [0.3, 0.4) is 0 Å². The number of benzene rings is 2. The average molecular weight is 276 g/mol. The van der Waals surface area contributed by atoms with Gasteiger partial charge in [-0.1, -0.05) is 49.4 Å². The monoisotopic (exact) mass is 276 g/mol. The van der Waals surface area contributed by atoms with E-state index in [4.69, 9.17) is 0 Å². The molecule has 0 saturated carbocycles. The van der Waals surface area contributed by atoms with Gasteiger partial charge in [0.15, 0.2) is 0 Å². The third kappa shape index (κ3) is 3.11. The minimum atomic E-state index is 0.917. The largest absolute Gasteiger partial charge is 0.313 e. The van der Waals surface area contributed by atoms with Gasteiger partial charge in [-0.25, -0.2) is 0 Å². The smallest absolute Gasteiger partial charge is 0.0780 e. The maximum Gasteiger partial charge on any atom is 0.0780 e. The van der Waals surface area contributed by atoms with Crippen LogP contribution in [0, 0.1) is 0 Å². The first-order valence-corrected chi connectivity index (χ1v) is 7.52. The van der Waals surface area contributed by atoms with Crippen LogP contribution < -0.4 is 5.32 Å². The summed E-state index contributed by atoms with van der Waals surface area (Å²) < 4.78 is 0. The Hall–Kier alpha value is -2.19. The predicted octanol–water partition coefficient (Wildman–Crippen LogP) is 4.40. The standard InChI is InChI=1S/C19H20N2/c1-2-11-20-14-15-6-3-8-17(13-15)18-10-4-7-16-9-5-12-21-19(16)18/h3-10,12-13,20H,2,11,14H2,1H3. The highest BCUT2D eigenvalue weighted by Gasteiger charge is 2.05. The summed E-state index contributed by atoms with van der Waals surface area (Å²) in [5, 5.41) is 4.64. The molecule has 3 rings (SSSR count). The molecule has 0 radical (unpaired) electrons. The van der Waals surface area contributed by atoms with Crippen LogP contribution in [0.25, 0.3) is 22.0 Å². The molecule has 0 atom stereocenters. The SMILES string of the molecule is CCCNCc1cccc(-c2cccc3cccnc23)c1. The first kappa shape index (κ1) is 13.8. The summed E-state index contributed by atoms with van der Waals surface area (Å²) >= 11 is 0. The van der Waals surface area contributed by atoms with Gasteiger partial charge in [0.25, 0.3) is 0 Å². The van der Waals surface area contributed by atoms with E-state index in [2.05, 4.69) is 65.8 Å². The molecule has 1 N–H and O–H groups in total. The van der Waals surface area contributed by atoms with Gasteiger partial charge >= 0.3 is 0 Å². The number of aromatic nitrogens is 1. The van der Waals surface area contributed by atoms with Crippen LogP contribution in [-0.2, 0) is 6.54 Å². The van der Waals surface area contributed by atoms with Gasteiger partial charge in [0.1, 0.15) is 0 Å². The summed E-state index contributed by atoms with van der Waals surface area (Å²) in [5.74, 6) is 0. The van der Waals surface area contributed by atoms with E-state index in [0.29, 0.717) is 0 Å². The fourth-order valence-electron chi connectivity index (χ4n) is 2.60. The van der Waals surface area contributed by atoms with Gasteiger partial charge in [-0.2, -0.15) is 0 Å². The van der Waals surface area contributed by atoms with Gasteiger partial charge in [-0.05, 0) is 36.2 Å². The molecule has 0 aliphatic heterocycles. The lowest BCUT2D eigenvalue weighted by Gasteiger charge is -2.09. The molecule has 0 aliphatic rings. The molecule has 2 aromatic carbocycles. The summed E-state index contributed by atoms with van der Waals surface area (Å²) in [6.45, 7) is 4.16. The molecule has 0 amide bonds. The fraction of sp³-hybridized carbons (Fsp3) is 0.211. The zero-order valence-electron chi connectivity index (χ0n) is 12.3. The third-order valence-electron chi connectivity index (χ3n) is 3.63. The van der Waals surface area contributed by atoms with Crippen LogP contribution in [0.4, 0.5) is 0 Å². The van der Waals surface area contributed by atoms with Crippen LogP contribution in [0.2, 0.25) is 0 Å². The second kappa shape index (κ2) is 6.51. The van der Waals surface area contributed by atoms with E-state index in [1.165, 1.54) is 22.1 Å². The Labute approximate surface area is 125 Å². The maximum absolute atomic E-state index is 4.55. The first-order valence-electron chi connectivity index (χ1n) is 7.52. The van der Waals surface area contributed by atoms with Gasteiger partial charge in [-0.3, -0.25) is 4.98 Å². The molecule has 21 heavy (non-hydrogen) atoms. The van der Waals surface area contributed by atoms with Crippen molar-refractivity contribution in [1.82, 2.24) is 10.3 Å². The van der Waals surface area contributed by atoms with Crippen molar-refractivity contribution in [2.75, 3.05) is 6.54 Å². The normalized spacial score (nSPS) is 10.9. The molecule has 0 fully saturated rings. The Morgan fingerprint density at radius 2 is 1.86 bits per heavy atom. The topological polar surface area (TPSA) is 24.9 Å². The molecule has 2 heteroatoms.